The Bertz CT molecular complexity index is 564. The number of carboxylic acids is 1. The van der Waals surface area contributed by atoms with E-state index in [-0.39, 0.29) is 30.4 Å². The fourth-order valence-electron chi connectivity index (χ4n) is 4.15. The van der Waals surface area contributed by atoms with Crippen LogP contribution in [0.1, 0.15) is 77.0 Å². The molecule has 0 spiro atoms. The topological polar surface area (TPSA) is 120 Å². The molecule has 8 nitrogen and oxygen atoms in total. The zero-order valence-electron chi connectivity index (χ0n) is 18.6. The van der Waals surface area contributed by atoms with E-state index in [9.17, 15) is 14.4 Å². The largest absolute Gasteiger partial charge is 0.481 e. The minimum atomic E-state index is -0.708. The van der Waals surface area contributed by atoms with Crippen LogP contribution in [0, 0.1) is 0 Å². The summed E-state index contributed by atoms with van der Waals surface area (Å²) in [5, 5.41) is 21.4. The summed E-state index contributed by atoms with van der Waals surface area (Å²) in [5.41, 5.74) is 0. The molecule has 0 saturated carbocycles. The van der Waals surface area contributed by atoms with E-state index in [1.807, 2.05) is 11.8 Å². The number of rotatable bonds is 18. The summed E-state index contributed by atoms with van der Waals surface area (Å²) in [7, 11) is 0. The average Bonchev–Trinajstić information content (AvgIpc) is 3.28. The third-order valence-electron chi connectivity index (χ3n) is 5.93. The molecular formula is C22H40N4O4S. The molecule has 2 saturated heterocycles. The van der Waals surface area contributed by atoms with E-state index in [0.29, 0.717) is 11.7 Å². The van der Waals surface area contributed by atoms with Crippen LogP contribution >= 0.6 is 11.8 Å². The van der Waals surface area contributed by atoms with Gasteiger partial charge in [-0.1, -0.05) is 25.7 Å². The second-order valence-electron chi connectivity index (χ2n) is 8.59. The molecule has 0 bridgehead atoms. The van der Waals surface area contributed by atoms with Crippen molar-refractivity contribution in [2.45, 2.75) is 94.4 Å². The summed E-state index contributed by atoms with van der Waals surface area (Å²) in [6.45, 7) is 2.73. The average molecular weight is 457 g/mol. The second kappa shape index (κ2) is 15.3. The Kier molecular flexibility index (Phi) is 12.8. The number of urea groups is 1. The predicted octanol–water partition coefficient (Wildman–Crippen LogP) is 2.62. The van der Waals surface area contributed by atoms with Gasteiger partial charge >= 0.3 is 12.0 Å². The van der Waals surface area contributed by atoms with Crippen LogP contribution < -0.4 is 21.3 Å². The van der Waals surface area contributed by atoms with Gasteiger partial charge in [0.1, 0.15) is 0 Å². The molecule has 2 aliphatic rings. The van der Waals surface area contributed by atoms with E-state index in [4.69, 9.17) is 5.11 Å². The molecule has 0 radical (unpaired) electrons. The summed E-state index contributed by atoms with van der Waals surface area (Å²) in [6, 6.07) is 0.489. The fraction of sp³-hybridized carbons (Fsp3) is 0.864. The minimum Gasteiger partial charge on any atom is -0.481 e. The molecule has 3 atom stereocenters. The van der Waals surface area contributed by atoms with Gasteiger partial charge in [0.15, 0.2) is 0 Å². The van der Waals surface area contributed by atoms with E-state index in [1.54, 1.807) is 0 Å². The molecule has 2 aliphatic heterocycles. The molecule has 0 aliphatic carbocycles. The van der Waals surface area contributed by atoms with Crippen LogP contribution in [0.15, 0.2) is 0 Å². The molecule has 31 heavy (non-hydrogen) atoms. The Labute approximate surface area is 190 Å². The maximum atomic E-state index is 12.0. The van der Waals surface area contributed by atoms with Crippen LogP contribution in [0.3, 0.4) is 0 Å². The number of carbonyl (C=O) groups excluding carboxylic acids is 2. The Morgan fingerprint density at radius 2 is 1.58 bits per heavy atom. The van der Waals surface area contributed by atoms with E-state index >= 15 is 0 Å². The SMILES string of the molecule is O=C(O)CCCCCNCCCCCCNC(=O)CCCC[C@@H]1SC[C@@H]2NC(=O)N[C@@H]21. The molecule has 0 aromatic carbocycles. The van der Waals surface area contributed by atoms with Crippen molar-refractivity contribution in [1.29, 1.82) is 0 Å². The fourth-order valence-corrected chi connectivity index (χ4v) is 5.69. The van der Waals surface area contributed by atoms with Crippen molar-refractivity contribution in [2.75, 3.05) is 25.4 Å². The highest BCUT2D eigenvalue weighted by atomic mass is 32.2. The van der Waals surface area contributed by atoms with Crippen LogP contribution in [-0.2, 0) is 9.59 Å². The third kappa shape index (κ3) is 11.1. The summed E-state index contributed by atoms with van der Waals surface area (Å²) in [5.74, 6) is 0.427. The van der Waals surface area contributed by atoms with Crippen LogP contribution in [-0.4, -0.2) is 65.7 Å². The van der Waals surface area contributed by atoms with Gasteiger partial charge in [0.25, 0.3) is 0 Å². The van der Waals surface area contributed by atoms with E-state index in [0.717, 1.165) is 89.6 Å². The van der Waals surface area contributed by atoms with Crippen molar-refractivity contribution in [2.24, 2.45) is 0 Å². The molecule has 2 heterocycles. The van der Waals surface area contributed by atoms with Gasteiger partial charge < -0.3 is 26.4 Å². The number of unbranched alkanes of at least 4 members (excludes halogenated alkanes) is 6. The monoisotopic (exact) mass is 456 g/mol. The highest BCUT2D eigenvalue weighted by molar-refractivity contribution is 8.00. The summed E-state index contributed by atoms with van der Waals surface area (Å²) >= 11 is 1.92. The molecule has 2 fully saturated rings. The van der Waals surface area contributed by atoms with Gasteiger partial charge in [0.05, 0.1) is 12.1 Å². The van der Waals surface area contributed by atoms with Gasteiger partial charge in [0, 0.05) is 30.4 Å². The van der Waals surface area contributed by atoms with Gasteiger partial charge in [-0.2, -0.15) is 11.8 Å². The first-order valence-corrected chi connectivity index (χ1v) is 13.0. The Morgan fingerprint density at radius 1 is 0.903 bits per heavy atom. The van der Waals surface area contributed by atoms with Gasteiger partial charge in [-0.05, 0) is 51.6 Å². The lowest BCUT2D eigenvalue weighted by molar-refractivity contribution is -0.137. The Morgan fingerprint density at radius 3 is 2.32 bits per heavy atom. The van der Waals surface area contributed by atoms with Crippen molar-refractivity contribution in [3.63, 3.8) is 0 Å². The maximum Gasteiger partial charge on any atom is 0.315 e. The first-order valence-electron chi connectivity index (χ1n) is 11.9. The molecule has 5 N–H and O–H groups in total. The van der Waals surface area contributed by atoms with Crippen molar-refractivity contribution in [3.8, 4) is 0 Å². The highest BCUT2D eigenvalue weighted by Gasteiger charge is 2.42. The minimum absolute atomic E-state index is 0.0408. The van der Waals surface area contributed by atoms with Crippen molar-refractivity contribution < 1.29 is 19.5 Å². The van der Waals surface area contributed by atoms with Crippen LogP contribution in [0.4, 0.5) is 4.79 Å². The van der Waals surface area contributed by atoms with Crippen molar-refractivity contribution in [1.82, 2.24) is 21.3 Å². The molecular weight excluding hydrogens is 416 g/mol. The first-order chi connectivity index (χ1) is 15.1. The van der Waals surface area contributed by atoms with Gasteiger partial charge in [-0.25, -0.2) is 4.79 Å². The molecule has 0 aromatic heterocycles. The van der Waals surface area contributed by atoms with E-state index in [2.05, 4.69) is 21.3 Å². The van der Waals surface area contributed by atoms with E-state index in [1.165, 1.54) is 0 Å². The smallest absolute Gasteiger partial charge is 0.315 e. The van der Waals surface area contributed by atoms with E-state index < -0.39 is 5.97 Å². The number of carboxylic acid groups (broad SMARTS) is 1. The normalized spacial score (nSPS) is 22.1. The number of nitrogens with one attached hydrogen (secondary N) is 4. The quantitative estimate of drug-likeness (QED) is 0.160. The second-order valence-corrected chi connectivity index (χ2v) is 9.86. The van der Waals surface area contributed by atoms with Crippen molar-refractivity contribution >= 4 is 29.7 Å². The molecule has 9 heteroatoms. The molecule has 3 amide bonds. The summed E-state index contributed by atoms with van der Waals surface area (Å²) in [4.78, 5) is 33.8. The first kappa shape index (κ1) is 25.8. The number of fused-ring (bicyclic) bond motifs is 1. The maximum absolute atomic E-state index is 12.0. The zero-order valence-corrected chi connectivity index (χ0v) is 19.4. The summed E-state index contributed by atoms with van der Waals surface area (Å²) < 4.78 is 0. The zero-order chi connectivity index (χ0) is 22.3. The van der Waals surface area contributed by atoms with Crippen LogP contribution in [0.25, 0.3) is 0 Å². The lowest BCUT2D eigenvalue weighted by Crippen LogP contribution is -2.36. The molecule has 178 valence electrons. The highest BCUT2D eigenvalue weighted by Crippen LogP contribution is 2.33. The van der Waals surface area contributed by atoms with Gasteiger partial charge in [0.2, 0.25) is 5.91 Å². The van der Waals surface area contributed by atoms with Gasteiger partial charge in [-0.3, -0.25) is 9.59 Å². The lowest BCUT2D eigenvalue weighted by Gasteiger charge is -2.16. The molecule has 2 rings (SSSR count). The molecule has 0 aromatic rings. The number of thioether (sulfide) groups is 1. The Balaban J connectivity index is 1.31. The lowest BCUT2D eigenvalue weighted by atomic mass is 10.0. The number of amides is 3. The van der Waals surface area contributed by atoms with Crippen molar-refractivity contribution in [3.05, 3.63) is 0 Å². The number of hydrogen-bond acceptors (Lipinski definition) is 5. The number of aliphatic carboxylic acids is 1. The van der Waals surface area contributed by atoms with Crippen LogP contribution in [0.5, 0.6) is 0 Å². The third-order valence-corrected chi connectivity index (χ3v) is 7.44. The summed E-state index contributed by atoms with van der Waals surface area (Å²) in [6.07, 6.45) is 11.1. The predicted molar refractivity (Wildman–Crippen MR) is 124 cm³/mol. The van der Waals surface area contributed by atoms with Gasteiger partial charge in [-0.15, -0.1) is 0 Å². The number of carbonyl (C=O) groups is 3. The Hall–Kier alpha value is -1.48. The van der Waals surface area contributed by atoms with Crippen LogP contribution in [0.2, 0.25) is 0 Å². The number of hydrogen-bond donors (Lipinski definition) is 5. The molecule has 0 unspecified atom stereocenters. The standard InChI is InChI=1S/C22H40N4O4S/c27-19(11-6-5-10-18-21-17(16-31-18)25-22(30)26-21)24-15-9-2-1-7-13-23-14-8-3-4-12-20(28)29/h17-18,21,23H,1-16H2,(H,24,27)(H,28,29)(H2,25,26,30)/t17-,18-,21-/m0/s1.